The fraction of sp³-hybridized carbons (Fsp3) is 0.316. The van der Waals surface area contributed by atoms with E-state index in [-0.39, 0.29) is 0 Å². The second-order valence-corrected chi connectivity index (χ2v) is 5.44. The molecule has 2 aromatic carbocycles. The lowest BCUT2D eigenvalue weighted by Crippen LogP contribution is -2.37. The Balaban J connectivity index is 1.77. The van der Waals surface area contributed by atoms with Crippen molar-refractivity contribution in [3.63, 3.8) is 0 Å². The maximum absolute atomic E-state index is 12.2. The molecule has 0 radical (unpaired) electrons. The molecule has 0 atom stereocenters. The quantitative estimate of drug-likeness (QED) is 0.569. The van der Waals surface area contributed by atoms with Gasteiger partial charge in [0.2, 0.25) is 0 Å². The molecule has 0 amide bonds. The van der Waals surface area contributed by atoms with Gasteiger partial charge in [-0.15, -0.1) is 0 Å². The molecule has 0 bridgehead atoms. The molecule has 0 saturated carbocycles. The highest BCUT2D eigenvalue weighted by Crippen LogP contribution is 2.14. The second-order valence-electron chi connectivity index (χ2n) is 5.44. The highest BCUT2D eigenvalue weighted by Gasteiger charge is 2.04. The summed E-state index contributed by atoms with van der Waals surface area (Å²) in [5.41, 5.74) is 2.19. The molecular formula is C19H23F2N3O. The number of rotatable bonds is 8. The Morgan fingerprint density at radius 3 is 2.52 bits per heavy atom. The van der Waals surface area contributed by atoms with E-state index < -0.39 is 13.0 Å². The summed E-state index contributed by atoms with van der Waals surface area (Å²) in [6.45, 7) is 0.692. The summed E-state index contributed by atoms with van der Waals surface area (Å²) < 4.78 is 29.4. The summed E-state index contributed by atoms with van der Waals surface area (Å²) in [7, 11) is 1.71. The van der Waals surface area contributed by atoms with Crippen LogP contribution in [0.5, 0.6) is 5.75 Å². The first-order valence-electron chi connectivity index (χ1n) is 8.15. The van der Waals surface area contributed by atoms with Crippen LogP contribution in [0.15, 0.2) is 59.6 Å². The fourth-order valence-corrected chi connectivity index (χ4v) is 2.28. The van der Waals surface area contributed by atoms with Gasteiger partial charge < -0.3 is 15.4 Å². The number of benzene rings is 2. The highest BCUT2D eigenvalue weighted by atomic mass is 19.3. The van der Waals surface area contributed by atoms with Gasteiger partial charge in [0.05, 0.1) is 0 Å². The SMILES string of the molecule is CN=C(NCCc1ccccc1)NCc1cccc(OCC(F)F)c1. The zero-order valence-electron chi connectivity index (χ0n) is 14.2. The summed E-state index contributed by atoms with van der Waals surface area (Å²) in [6.07, 6.45) is -1.58. The minimum Gasteiger partial charge on any atom is -0.488 e. The van der Waals surface area contributed by atoms with E-state index in [0.717, 1.165) is 18.5 Å². The molecule has 25 heavy (non-hydrogen) atoms. The maximum atomic E-state index is 12.2. The Labute approximate surface area is 146 Å². The number of nitrogens with zero attached hydrogens (tertiary/aromatic N) is 1. The summed E-state index contributed by atoms with van der Waals surface area (Å²) >= 11 is 0. The van der Waals surface area contributed by atoms with Crippen LogP contribution in [-0.4, -0.2) is 32.6 Å². The molecule has 0 aromatic heterocycles. The summed E-state index contributed by atoms with van der Waals surface area (Å²) in [5.74, 6) is 1.13. The van der Waals surface area contributed by atoms with Crippen LogP contribution in [-0.2, 0) is 13.0 Å². The molecule has 0 saturated heterocycles. The third kappa shape index (κ3) is 7.20. The predicted molar refractivity (Wildman–Crippen MR) is 96.3 cm³/mol. The summed E-state index contributed by atoms with van der Waals surface area (Å²) in [5, 5.41) is 6.45. The molecule has 0 aliphatic heterocycles. The van der Waals surface area contributed by atoms with Gasteiger partial charge in [-0.3, -0.25) is 4.99 Å². The Morgan fingerprint density at radius 2 is 1.80 bits per heavy atom. The van der Waals surface area contributed by atoms with Crippen LogP contribution in [0, 0.1) is 0 Å². The standard InChI is InChI=1S/C19H23F2N3O/c1-22-19(23-11-10-15-6-3-2-4-7-15)24-13-16-8-5-9-17(12-16)25-14-18(20)21/h2-9,12,18H,10-11,13-14H2,1H3,(H2,22,23,24). The van der Waals surface area contributed by atoms with Gasteiger partial charge in [0.25, 0.3) is 6.43 Å². The minimum atomic E-state index is -2.48. The van der Waals surface area contributed by atoms with E-state index >= 15 is 0 Å². The van der Waals surface area contributed by atoms with E-state index in [1.165, 1.54) is 5.56 Å². The Hall–Kier alpha value is -2.63. The van der Waals surface area contributed by atoms with Crippen LogP contribution in [0.4, 0.5) is 8.78 Å². The molecule has 2 N–H and O–H groups in total. The normalized spacial score (nSPS) is 11.4. The van der Waals surface area contributed by atoms with Crippen molar-refractivity contribution >= 4 is 5.96 Å². The van der Waals surface area contributed by atoms with Crippen molar-refractivity contribution in [1.82, 2.24) is 10.6 Å². The second kappa shape index (κ2) is 10.3. The molecule has 2 aromatic rings. The van der Waals surface area contributed by atoms with Gasteiger partial charge in [0, 0.05) is 20.1 Å². The molecule has 0 unspecified atom stereocenters. The number of alkyl halides is 2. The topological polar surface area (TPSA) is 45.7 Å². The lowest BCUT2D eigenvalue weighted by atomic mass is 10.1. The van der Waals surface area contributed by atoms with Crippen LogP contribution >= 0.6 is 0 Å². The fourth-order valence-electron chi connectivity index (χ4n) is 2.28. The van der Waals surface area contributed by atoms with Crippen LogP contribution in [0.3, 0.4) is 0 Å². The van der Waals surface area contributed by atoms with Gasteiger partial charge in [0.1, 0.15) is 12.4 Å². The average molecular weight is 347 g/mol. The Kier molecular flexibility index (Phi) is 7.69. The van der Waals surface area contributed by atoms with E-state index in [9.17, 15) is 8.78 Å². The molecule has 0 spiro atoms. The number of ether oxygens (including phenoxy) is 1. The van der Waals surface area contributed by atoms with E-state index in [1.54, 1.807) is 25.2 Å². The van der Waals surface area contributed by atoms with Crippen molar-refractivity contribution in [3.05, 3.63) is 65.7 Å². The van der Waals surface area contributed by atoms with E-state index in [2.05, 4.69) is 27.8 Å². The summed E-state index contributed by atoms with van der Waals surface area (Å²) in [4.78, 5) is 4.18. The third-order valence-electron chi connectivity index (χ3n) is 3.51. The molecule has 4 nitrogen and oxygen atoms in total. The van der Waals surface area contributed by atoms with E-state index in [4.69, 9.17) is 4.74 Å². The zero-order chi connectivity index (χ0) is 17.9. The van der Waals surface area contributed by atoms with E-state index in [0.29, 0.717) is 18.3 Å². The van der Waals surface area contributed by atoms with Gasteiger partial charge in [0.15, 0.2) is 5.96 Å². The first-order chi connectivity index (χ1) is 12.2. The third-order valence-corrected chi connectivity index (χ3v) is 3.51. The van der Waals surface area contributed by atoms with Crippen molar-refractivity contribution in [1.29, 1.82) is 0 Å². The number of guanidine groups is 1. The monoisotopic (exact) mass is 347 g/mol. The van der Waals surface area contributed by atoms with Gasteiger partial charge in [-0.25, -0.2) is 8.78 Å². The molecule has 0 fully saturated rings. The van der Waals surface area contributed by atoms with Crippen molar-refractivity contribution < 1.29 is 13.5 Å². The first-order valence-corrected chi connectivity index (χ1v) is 8.15. The van der Waals surface area contributed by atoms with Gasteiger partial charge in [-0.2, -0.15) is 0 Å². The minimum absolute atomic E-state index is 0.437. The average Bonchev–Trinajstić information content (AvgIpc) is 2.64. The highest BCUT2D eigenvalue weighted by molar-refractivity contribution is 5.79. The van der Waals surface area contributed by atoms with Gasteiger partial charge >= 0.3 is 0 Å². The number of hydrogen-bond acceptors (Lipinski definition) is 2. The molecule has 0 aliphatic rings. The largest absolute Gasteiger partial charge is 0.488 e. The van der Waals surface area contributed by atoms with Crippen molar-refractivity contribution in [2.45, 2.75) is 19.4 Å². The molecular weight excluding hydrogens is 324 g/mol. The van der Waals surface area contributed by atoms with Crippen molar-refractivity contribution in [3.8, 4) is 5.75 Å². The van der Waals surface area contributed by atoms with Crippen LogP contribution in [0.1, 0.15) is 11.1 Å². The predicted octanol–water partition coefficient (Wildman–Crippen LogP) is 3.24. The summed E-state index contributed by atoms with van der Waals surface area (Å²) in [6, 6.07) is 17.3. The van der Waals surface area contributed by atoms with Crippen molar-refractivity contribution in [2.24, 2.45) is 4.99 Å². The van der Waals surface area contributed by atoms with Gasteiger partial charge in [-0.1, -0.05) is 42.5 Å². The number of hydrogen-bond donors (Lipinski definition) is 2. The van der Waals surface area contributed by atoms with E-state index in [1.807, 2.05) is 24.3 Å². The Bertz CT molecular complexity index is 663. The first kappa shape index (κ1) is 18.7. The van der Waals surface area contributed by atoms with Crippen molar-refractivity contribution in [2.75, 3.05) is 20.2 Å². The van der Waals surface area contributed by atoms with Gasteiger partial charge in [-0.05, 0) is 29.7 Å². The number of nitrogens with one attached hydrogen (secondary N) is 2. The Morgan fingerprint density at radius 1 is 1.04 bits per heavy atom. The van der Waals surface area contributed by atoms with Crippen LogP contribution in [0.25, 0.3) is 0 Å². The maximum Gasteiger partial charge on any atom is 0.272 e. The van der Waals surface area contributed by atoms with Crippen LogP contribution < -0.4 is 15.4 Å². The smallest absolute Gasteiger partial charge is 0.272 e. The molecule has 0 heterocycles. The lowest BCUT2D eigenvalue weighted by molar-refractivity contribution is 0.0818. The molecule has 0 aliphatic carbocycles. The molecule has 134 valence electrons. The lowest BCUT2D eigenvalue weighted by Gasteiger charge is -2.13. The molecule has 6 heteroatoms. The van der Waals surface area contributed by atoms with Crippen LogP contribution in [0.2, 0.25) is 0 Å². The number of aliphatic imine (C=N–C) groups is 1. The zero-order valence-corrected chi connectivity index (χ0v) is 14.2. The number of halogens is 2. The molecule has 2 rings (SSSR count).